The number of rotatable bonds is 48. The van der Waals surface area contributed by atoms with E-state index in [-0.39, 0.29) is 18.9 Å². The number of aliphatic hydroxyl groups is 3. The molecule has 5 nitrogen and oxygen atoms in total. The molecular formula is C54H103NO4. The van der Waals surface area contributed by atoms with Crippen LogP contribution in [-0.2, 0) is 4.79 Å². The van der Waals surface area contributed by atoms with E-state index in [1.54, 1.807) is 6.08 Å². The lowest BCUT2D eigenvalue weighted by atomic mass is 10.0. The average Bonchev–Trinajstić information content (AvgIpc) is 3.23. The van der Waals surface area contributed by atoms with Crippen LogP contribution in [0.4, 0.5) is 0 Å². The van der Waals surface area contributed by atoms with Gasteiger partial charge in [-0.25, -0.2) is 0 Å². The molecule has 0 heterocycles. The quantitative estimate of drug-likeness (QED) is 0.0363. The van der Waals surface area contributed by atoms with E-state index < -0.39 is 18.2 Å². The van der Waals surface area contributed by atoms with Crippen LogP contribution in [0.2, 0.25) is 0 Å². The van der Waals surface area contributed by atoms with Gasteiger partial charge >= 0.3 is 0 Å². The van der Waals surface area contributed by atoms with Crippen LogP contribution >= 0.6 is 0 Å². The predicted octanol–water partition coefficient (Wildman–Crippen LogP) is 15.9. The second-order valence-corrected chi connectivity index (χ2v) is 18.1. The third kappa shape index (κ3) is 45.9. The minimum absolute atomic E-state index is 0.00611. The van der Waals surface area contributed by atoms with Crippen molar-refractivity contribution >= 4 is 5.91 Å². The Morgan fingerprint density at radius 1 is 0.424 bits per heavy atom. The number of amides is 1. The monoisotopic (exact) mass is 830 g/mol. The van der Waals surface area contributed by atoms with E-state index in [9.17, 15) is 20.1 Å². The van der Waals surface area contributed by atoms with Gasteiger partial charge in [-0.2, -0.15) is 0 Å². The Morgan fingerprint density at radius 2 is 0.729 bits per heavy atom. The number of aliphatic hydroxyl groups excluding tert-OH is 3. The summed E-state index contributed by atoms with van der Waals surface area (Å²) in [4.78, 5) is 12.5. The lowest BCUT2D eigenvalue weighted by Gasteiger charge is -2.21. The van der Waals surface area contributed by atoms with E-state index >= 15 is 0 Å². The van der Waals surface area contributed by atoms with Gasteiger partial charge in [0.1, 0.15) is 0 Å². The summed E-state index contributed by atoms with van der Waals surface area (Å²) in [5.41, 5.74) is 0. The largest absolute Gasteiger partial charge is 0.394 e. The van der Waals surface area contributed by atoms with E-state index in [1.807, 2.05) is 6.08 Å². The fourth-order valence-corrected chi connectivity index (χ4v) is 8.12. The smallest absolute Gasteiger partial charge is 0.222 e. The van der Waals surface area contributed by atoms with Crippen LogP contribution in [0.5, 0.6) is 0 Å². The average molecular weight is 830 g/mol. The van der Waals surface area contributed by atoms with Crippen molar-refractivity contribution < 1.29 is 20.1 Å². The topological polar surface area (TPSA) is 89.8 Å². The van der Waals surface area contributed by atoms with E-state index in [0.717, 1.165) is 32.1 Å². The van der Waals surface area contributed by atoms with Crippen LogP contribution in [0.3, 0.4) is 0 Å². The van der Waals surface area contributed by atoms with Crippen LogP contribution in [0.15, 0.2) is 36.5 Å². The van der Waals surface area contributed by atoms with E-state index in [4.69, 9.17) is 0 Å². The number of nitrogens with one attached hydrogen (secondary N) is 1. The van der Waals surface area contributed by atoms with E-state index in [1.165, 1.54) is 218 Å². The predicted molar refractivity (Wildman–Crippen MR) is 259 cm³/mol. The molecule has 348 valence electrons. The van der Waals surface area contributed by atoms with Gasteiger partial charge in [0.2, 0.25) is 5.91 Å². The molecule has 0 aromatic heterocycles. The fraction of sp³-hybridized carbons (Fsp3) is 0.870. The summed E-state index contributed by atoms with van der Waals surface area (Å²) in [5.74, 6) is -0.324. The summed E-state index contributed by atoms with van der Waals surface area (Å²) in [6.07, 6.45) is 63.2. The molecule has 1 amide bonds. The number of unbranched alkanes of at least 4 members (excludes halogenated alkanes) is 35. The number of carbonyl (C=O) groups excluding carboxylic acids is 1. The second-order valence-electron chi connectivity index (χ2n) is 18.1. The standard InChI is InChI=1S/C54H103NO4/c1-3-5-7-9-11-13-15-17-19-21-23-24-25-26-27-28-29-30-31-33-35-37-39-41-43-45-47-51(57)49-54(59)55-52(50-56)53(58)48-46-44-42-40-38-36-34-32-22-20-18-16-14-12-10-8-6-4-2/h26-27,38,40,46,48,51-53,56-58H,3-25,28-37,39,41-45,47,49-50H2,1-2H3,(H,55,59)/b27-26-,40-38+,48-46+. The highest BCUT2D eigenvalue weighted by molar-refractivity contribution is 5.76. The Hall–Kier alpha value is -1.43. The summed E-state index contributed by atoms with van der Waals surface area (Å²) in [7, 11) is 0. The minimum Gasteiger partial charge on any atom is -0.394 e. The molecule has 0 spiro atoms. The van der Waals surface area contributed by atoms with Crippen molar-refractivity contribution in [1.82, 2.24) is 5.32 Å². The van der Waals surface area contributed by atoms with Crippen LogP contribution in [-0.4, -0.2) is 46.1 Å². The summed E-state index contributed by atoms with van der Waals surface area (Å²) >= 11 is 0. The minimum atomic E-state index is -0.952. The van der Waals surface area contributed by atoms with Crippen molar-refractivity contribution in [2.24, 2.45) is 0 Å². The third-order valence-corrected chi connectivity index (χ3v) is 12.1. The highest BCUT2D eigenvalue weighted by Crippen LogP contribution is 2.16. The molecule has 0 bridgehead atoms. The molecular weight excluding hydrogens is 727 g/mol. The van der Waals surface area contributed by atoms with Gasteiger partial charge in [0, 0.05) is 0 Å². The molecule has 5 heteroatoms. The van der Waals surface area contributed by atoms with Crippen LogP contribution in [0, 0.1) is 0 Å². The van der Waals surface area contributed by atoms with Crippen LogP contribution in [0.1, 0.15) is 277 Å². The Kier molecular flexibility index (Phi) is 48.0. The Labute approximate surface area is 368 Å². The van der Waals surface area contributed by atoms with Crippen molar-refractivity contribution in [3.8, 4) is 0 Å². The highest BCUT2D eigenvalue weighted by atomic mass is 16.3. The first-order chi connectivity index (χ1) is 29.0. The molecule has 0 saturated heterocycles. The molecule has 0 aliphatic carbocycles. The van der Waals surface area contributed by atoms with Gasteiger partial charge in [0.25, 0.3) is 0 Å². The summed E-state index contributed by atoms with van der Waals surface area (Å²) in [6, 6.07) is -0.761. The zero-order valence-corrected chi connectivity index (χ0v) is 39.6. The first-order valence-corrected chi connectivity index (χ1v) is 26.3. The Bertz CT molecular complexity index is 916. The normalized spacial score (nSPS) is 13.6. The summed E-state index contributed by atoms with van der Waals surface area (Å²) in [6.45, 7) is 4.22. The highest BCUT2D eigenvalue weighted by Gasteiger charge is 2.20. The maximum absolute atomic E-state index is 12.5. The van der Waals surface area contributed by atoms with Crippen molar-refractivity contribution in [3.63, 3.8) is 0 Å². The molecule has 0 aliphatic heterocycles. The van der Waals surface area contributed by atoms with E-state index in [0.29, 0.717) is 6.42 Å². The molecule has 0 rings (SSSR count). The SMILES string of the molecule is CCCCCCCCCCCCCC/C=C\CCCCCCCCCCCCC(O)CC(=O)NC(CO)C(O)/C=C/CC/C=C/CCCCCCCCCCCCCC. The second kappa shape index (κ2) is 49.2. The first kappa shape index (κ1) is 57.6. The molecule has 0 aromatic carbocycles. The molecule has 3 atom stereocenters. The third-order valence-electron chi connectivity index (χ3n) is 12.1. The maximum atomic E-state index is 12.5. The van der Waals surface area contributed by atoms with Gasteiger partial charge in [0.15, 0.2) is 0 Å². The van der Waals surface area contributed by atoms with Crippen molar-refractivity contribution in [2.75, 3.05) is 6.61 Å². The lowest BCUT2D eigenvalue weighted by Crippen LogP contribution is -2.45. The fourth-order valence-electron chi connectivity index (χ4n) is 8.12. The molecule has 4 N–H and O–H groups in total. The van der Waals surface area contributed by atoms with Gasteiger partial charge < -0.3 is 20.6 Å². The molecule has 0 radical (unpaired) electrons. The number of hydrogen-bond donors (Lipinski definition) is 4. The number of allylic oxidation sites excluding steroid dienone is 5. The molecule has 0 aliphatic rings. The van der Waals surface area contributed by atoms with Gasteiger partial charge in [-0.3, -0.25) is 4.79 Å². The summed E-state index contributed by atoms with van der Waals surface area (Å²) < 4.78 is 0. The van der Waals surface area contributed by atoms with Gasteiger partial charge in [0.05, 0.1) is 31.3 Å². The zero-order valence-electron chi connectivity index (χ0n) is 39.6. The van der Waals surface area contributed by atoms with E-state index in [2.05, 4.69) is 43.5 Å². The van der Waals surface area contributed by atoms with Crippen LogP contribution < -0.4 is 5.32 Å². The van der Waals surface area contributed by atoms with Crippen molar-refractivity contribution in [1.29, 1.82) is 0 Å². The zero-order chi connectivity index (χ0) is 43.0. The lowest BCUT2D eigenvalue weighted by molar-refractivity contribution is -0.124. The van der Waals surface area contributed by atoms with Gasteiger partial charge in [-0.05, 0) is 57.8 Å². The summed E-state index contributed by atoms with van der Waals surface area (Å²) in [5, 5.41) is 33.4. The number of carbonyl (C=O) groups is 1. The molecule has 0 saturated carbocycles. The van der Waals surface area contributed by atoms with Crippen molar-refractivity contribution in [3.05, 3.63) is 36.5 Å². The van der Waals surface area contributed by atoms with Crippen LogP contribution in [0.25, 0.3) is 0 Å². The van der Waals surface area contributed by atoms with Gasteiger partial charge in [-0.1, -0.05) is 249 Å². The first-order valence-electron chi connectivity index (χ1n) is 26.3. The van der Waals surface area contributed by atoms with Gasteiger partial charge in [-0.15, -0.1) is 0 Å². The Morgan fingerprint density at radius 3 is 1.08 bits per heavy atom. The maximum Gasteiger partial charge on any atom is 0.222 e. The Balaban J connectivity index is 3.61. The van der Waals surface area contributed by atoms with Crippen molar-refractivity contribution in [2.45, 2.75) is 295 Å². The molecule has 59 heavy (non-hydrogen) atoms. The molecule has 3 unspecified atom stereocenters. The number of hydrogen-bond acceptors (Lipinski definition) is 4. The molecule has 0 fully saturated rings. The molecule has 0 aromatic rings.